The summed E-state index contributed by atoms with van der Waals surface area (Å²) in [5, 5.41) is 5.50. The van der Waals surface area contributed by atoms with E-state index in [1.807, 2.05) is 12.1 Å². The van der Waals surface area contributed by atoms with Crippen molar-refractivity contribution in [1.82, 2.24) is 0 Å². The van der Waals surface area contributed by atoms with Crippen LogP contribution in [0.25, 0.3) is 0 Å². The highest BCUT2D eigenvalue weighted by molar-refractivity contribution is 7.09. The molecule has 0 aliphatic rings. The highest BCUT2D eigenvalue weighted by atomic mass is 32.1. The van der Waals surface area contributed by atoms with E-state index in [2.05, 4.69) is 35.8 Å². The molecule has 2 nitrogen and oxygen atoms in total. The molecule has 1 aromatic heterocycles. The second kappa shape index (κ2) is 5.03. The van der Waals surface area contributed by atoms with Gasteiger partial charge in [-0.1, -0.05) is 6.07 Å². The first-order valence-corrected chi connectivity index (χ1v) is 6.25. The minimum absolute atomic E-state index is 0.818. The quantitative estimate of drug-likeness (QED) is 0.794. The van der Waals surface area contributed by atoms with Crippen LogP contribution in [-0.4, -0.2) is 6.54 Å². The predicted octanol–water partition coefficient (Wildman–Crippen LogP) is 3.29. The van der Waals surface area contributed by atoms with Crippen molar-refractivity contribution in [3.8, 4) is 0 Å². The second-order valence-corrected chi connectivity index (χ2v) is 4.92. The topological polar surface area (TPSA) is 38.0 Å². The Morgan fingerprint density at radius 2 is 2.19 bits per heavy atom. The Kier molecular flexibility index (Phi) is 3.47. The summed E-state index contributed by atoms with van der Waals surface area (Å²) in [6.07, 6.45) is 1.06. The van der Waals surface area contributed by atoms with Crippen LogP contribution in [0.3, 0.4) is 0 Å². The standard InChI is InChI=1S/C13H16N2S/c1-10-7-11(14)9-12(8-10)15-5-4-13-3-2-6-16-13/h2-3,6-9,15H,4-5,14H2,1H3. The van der Waals surface area contributed by atoms with Gasteiger partial charge in [0.1, 0.15) is 0 Å². The molecule has 2 rings (SSSR count). The van der Waals surface area contributed by atoms with Crippen LogP contribution in [0, 0.1) is 6.92 Å². The van der Waals surface area contributed by atoms with Gasteiger partial charge in [0.2, 0.25) is 0 Å². The summed E-state index contributed by atoms with van der Waals surface area (Å²) >= 11 is 1.80. The van der Waals surface area contributed by atoms with Crippen molar-refractivity contribution in [3.05, 3.63) is 46.2 Å². The fourth-order valence-corrected chi connectivity index (χ4v) is 2.41. The van der Waals surface area contributed by atoms with E-state index < -0.39 is 0 Å². The largest absolute Gasteiger partial charge is 0.399 e. The van der Waals surface area contributed by atoms with Gasteiger partial charge in [0, 0.05) is 22.8 Å². The zero-order valence-electron chi connectivity index (χ0n) is 9.36. The Bertz CT molecular complexity index is 429. The van der Waals surface area contributed by atoms with Crippen LogP contribution in [0.5, 0.6) is 0 Å². The van der Waals surface area contributed by atoms with Gasteiger partial charge in [-0.15, -0.1) is 11.3 Å². The van der Waals surface area contributed by atoms with Crippen molar-refractivity contribution in [2.75, 3.05) is 17.6 Å². The van der Waals surface area contributed by atoms with E-state index in [0.717, 1.165) is 24.3 Å². The normalized spacial score (nSPS) is 10.3. The first-order valence-electron chi connectivity index (χ1n) is 5.37. The molecule has 0 aliphatic carbocycles. The Labute approximate surface area is 100 Å². The number of nitrogens with one attached hydrogen (secondary N) is 1. The molecule has 0 unspecified atom stereocenters. The lowest BCUT2D eigenvalue weighted by molar-refractivity contribution is 1.04. The molecule has 1 aromatic carbocycles. The monoisotopic (exact) mass is 232 g/mol. The lowest BCUT2D eigenvalue weighted by atomic mass is 10.2. The number of benzene rings is 1. The molecule has 0 bridgehead atoms. The third kappa shape index (κ3) is 3.00. The van der Waals surface area contributed by atoms with Crippen molar-refractivity contribution in [1.29, 1.82) is 0 Å². The van der Waals surface area contributed by atoms with Crippen LogP contribution >= 0.6 is 11.3 Å². The van der Waals surface area contributed by atoms with Crippen LogP contribution < -0.4 is 11.1 Å². The second-order valence-electron chi connectivity index (χ2n) is 3.89. The lowest BCUT2D eigenvalue weighted by Crippen LogP contribution is -2.04. The minimum Gasteiger partial charge on any atom is -0.399 e. The van der Waals surface area contributed by atoms with Crippen LogP contribution in [0.15, 0.2) is 35.7 Å². The summed E-state index contributed by atoms with van der Waals surface area (Å²) < 4.78 is 0. The van der Waals surface area contributed by atoms with E-state index >= 15 is 0 Å². The Hall–Kier alpha value is -1.48. The number of rotatable bonds is 4. The molecule has 0 saturated carbocycles. The Morgan fingerprint density at radius 3 is 2.88 bits per heavy atom. The first-order chi connectivity index (χ1) is 7.74. The summed E-state index contributed by atoms with van der Waals surface area (Å²) in [5.74, 6) is 0. The van der Waals surface area contributed by atoms with E-state index in [1.54, 1.807) is 11.3 Å². The number of anilines is 2. The molecule has 1 heterocycles. The van der Waals surface area contributed by atoms with Gasteiger partial charge in [-0.2, -0.15) is 0 Å². The molecule has 0 fully saturated rings. The van der Waals surface area contributed by atoms with Gasteiger partial charge in [0.15, 0.2) is 0 Å². The summed E-state index contributed by atoms with van der Waals surface area (Å²) in [5.41, 5.74) is 8.90. The average molecular weight is 232 g/mol. The SMILES string of the molecule is Cc1cc(N)cc(NCCc2cccs2)c1. The lowest BCUT2D eigenvalue weighted by Gasteiger charge is -2.07. The maximum Gasteiger partial charge on any atom is 0.0363 e. The maximum atomic E-state index is 5.79. The number of nitrogen functional groups attached to an aromatic ring is 1. The van der Waals surface area contributed by atoms with E-state index in [1.165, 1.54) is 10.4 Å². The smallest absolute Gasteiger partial charge is 0.0363 e. The zero-order chi connectivity index (χ0) is 11.4. The molecule has 16 heavy (non-hydrogen) atoms. The summed E-state index contributed by atoms with van der Waals surface area (Å²) in [7, 11) is 0. The van der Waals surface area contributed by atoms with Crippen LogP contribution in [-0.2, 0) is 6.42 Å². The molecule has 0 aliphatic heterocycles. The number of thiophene rings is 1. The van der Waals surface area contributed by atoms with E-state index in [-0.39, 0.29) is 0 Å². The van der Waals surface area contributed by atoms with Gasteiger partial charge in [-0.05, 0) is 48.6 Å². The molecule has 0 saturated heterocycles. The average Bonchev–Trinajstić information content (AvgIpc) is 2.69. The Morgan fingerprint density at radius 1 is 1.31 bits per heavy atom. The van der Waals surface area contributed by atoms with Gasteiger partial charge in [-0.25, -0.2) is 0 Å². The number of aryl methyl sites for hydroxylation is 1. The molecular weight excluding hydrogens is 216 g/mol. The molecule has 0 atom stereocenters. The van der Waals surface area contributed by atoms with Crippen LogP contribution in [0.4, 0.5) is 11.4 Å². The van der Waals surface area contributed by atoms with E-state index in [0.29, 0.717) is 0 Å². The number of hydrogen-bond donors (Lipinski definition) is 2. The molecule has 0 radical (unpaired) electrons. The molecule has 84 valence electrons. The van der Waals surface area contributed by atoms with Crippen molar-refractivity contribution in [3.63, 3.8) is 0 Å². The summed E-state index contributed by atoms with van der Waals surface area (Å²) in [6, 6.07) is 10.3. The van der Waals surface area contributed by atoms with Gasteiger partial charge in [0.05, 0.1) is 0 Å². The van der Waals surface area contributed by atoms with Gasteiger partial charge in [-0.3, -0.25) is 0 Å². The van der Waals surface area contributed by atoms with Crippen molar-refractivity contribution in [2.45, 2.75) is 13.3 Å². The molecular formula is C13H16N2S. The zero-order valence-corrected chi connectivity index (χ0v) is 10.2. The predicted molar refractivity (Wildman–Crippen MR) is 72.1 cm³/mol. The fraction of sp³-hybridized carbons (Fsp3) is 0.231. The third-order valence-electron chi connectivity index (χ3n) is 2.38. The number of hydrogen-bond acceptors (Lipinski definition) is 3. The van der Waals surface area contributed by atoms with Crippen LogP contribution in [0.2, 0.25) is 0 Å². The fourth-order valence-electron chi connectivity index (χ4n) is 1.70. The molecule has 3 N–H and O–H groups in total. The molecule has 3 heteroatoms. The number of nitrogens with two attached hydrogens (primary N) is 1. The molecule has 0 spiro atoms. The molecule has 2 aromatic rings. The Balaban J connectivity index is 1.89. The summed E-state index contributed by atoms with van der Waals surface area (Å²) in [4.78, 5) is 1.41. The van der Waals surface area contributed by atoms with Crippen molar-refractivity contribution in [2.24, 2.45) is 0 Å². The van der Waals surface area contributed by atoms with Crippen molar-refractivity contribution >= 4 is 22.7 Å². The first kappa shape index (κ1) is 11.0. The van der Waals surface area contributed by atoms with Crippen LogP contribution in [0.1, 0.15) is 10.4 Å². The maximum absolute atomic E-state index is 5.79. The van der Waals surface area contributed by atoms with Crippen molar-refractivity contribution < 1.29 is 0 Å². The van der Waals surface area contributed by atoms with Gasteiger partial charge < -0.3 is 11.1 Å². The third-order valence-corrected chi connectivity index (χ3v) is 3.32. The molecule has 0 amide bonds. The van der Waals surface area contributed by atoms with E-state index in [9.17, 15) is 0 Å². The minimum atomic E-state index is 0.818. The van der Waals surface area contributed by atoms with E-state index in [4.69, 9.17) is 5.73 Å². The highest BCUT2D eigenvalue weighted by Gasteiger charge is 1.97. The summed E-state index contributed by atoms with van der Waals surface area (Å²) in [6.45, 7) is 3.00. The highest BCUT2D eigenvalue weighted by Crippen LogP contribution is 2.16. The van der Waals surface area contributed by atoms with Gasteiger partial charge >= 0.3 is 0 Å². The van der Waals surface area contributed by atoms with Gasteiger partial charge in [0.25, 0.3) is 0 Å².